The number of hydrogen-bond donors (Lipinski definition) is 1. The molecule has 0 atom stereocenters. The molecule has 0 rings (SSSR count). The van der Waals surface area contributed by atoms with Gasteiger partial charge in [-0.2, -0.15) is 0 Å². The van der Waals surface area contributed by atoms with Crippen LogP contribution in [0.3, 0.4) is 0 Å². The Labute approximate surface area is 57.1 Å². The van der Waals surface area contributed by atoms with Crippen LogP contribution in [0.25, 0.3) is 0 Å². The maximum atomic E-state index is 9.53. The van der Waals surface area contributed by atoms with Gasteiger partial charge in [0.2, 0.25) is 0 Å². The van der Waals surface area contributed by atoms with Crippen LogP contribution in [0.2, 0.25) is 0 Å². The van der Waals surface area contributed by atoms with Crippen LogP contribution in [0.5, 0.6) is 0 Å². The molecule has 0 saturated carbocycles. The van der Waals surface area contributed by atoms with Crippen molar-refractivity contribution in [2.75, 3.05) is 0 Å². The molecule has 1 N–H and O–H groups in total. The van der Waals surface area contributed by atoms with E-state index in [4.69, 9.17) is 5.11 Å². The van der Waals surface area contributed by atoms with Crippen LogP contribution in [-0.2, 0) is 26.5 Å². The summed E-state index contributed by atoms with van der Waals surface area (Å²) in [7, 11) is 0. The summed E-state index contributed by atoms with van der Waals surface area (Å²) in [5, 5.41) is 7.84. The summed E-state index contributed by atoms with van der Waals surface area (Å²) >= 11 is 0. The molecule has 0 aliphatic carbocycles. The number of carbonyl (C=O) groups is 1. The van der Waals surface area contributed by atoms with Gasteiger partial charge in [0.15, 0.2) is 0 Å². The second kappa shape index (κ2) is 5.92. The third kappa shape index (κ3) is 10.7. The molecular weight excluding hydrogens is 128 g/mol. The smallest absolute Gasteiger partial charge is 0.307 e. The van der Waals surface area contributed by atoms with E-state index in [2.05, 4.69) is 6.58 Å². The molecule has 0 aliphatic heterocycles. The van der Waals surface area contributed by atoms with E-state index < -0.39 is 5.97 Å². The molecule has 2 nitrogen and oxygen atoms in total. The van der Waals surface area contributed by atoms with Gasteiger partial charge in [0.25, 0.3) is 0 Å². The summed E-state index contributed by atoms with van der Waals surface area (Å²) in [6.45, 7) is 3.22. The van der Waals surface area contributed by atoms with Crippen molar-refractivity contribution < 1.29 is 31.6 Å². The van der Waals surface area contributed by atoms with Gasteiger partial charge >= 0.3 is 5.97 Å². The Morgan fingerprint density at radius 2 is 2.29 bits per heavy atom. The van der Waals surface area contributed by atoms with Gasteiger partial charge in [0, 0.05) is 21.7 Å². The monoisotopic (exact) mass is 134 g/mol. The Bertz CT molecular complexity index is 70.1. The average Bonchev–Trinajstić information content (AvgIpc) is 1.35. The predicted octanol–water partition coefficient (Wildman–Crippen LogP) is 0.645. The fraction of sp³-hybridized carbons (Fsp3) is 0.250. The third-order valence-electron chi connectivity index (χ3n) is 0.319. The first kappa shape index (κ1) is 10.0. The normalized spacial score (nSPS) is 6.29. The van der Waals surface area contributed by atoms with Gasteiger partial charge in [0.05, 0.1) is 6.42 Å². The molecule has 0 radical (unpaired) electrons. The topological polar surface area (TPSA) is 37.3 Å². The SMILES string of the molecule is C=CCC(=O)O.[Ti]. The minimum absolute atomic E-state index is 0. The molecule has 0 aromatic rings. The van der Waals surface area contributed by atoms with Crippen molar-refractivity contribution in [3.05, 3.63) is 12.7 Å². The molecule has 38 valence electrons. The van der Waals surface area contributed by atoms with E-state index in [0.717, 1.165) is 0 Å². The third-order valence-corrected chi connectivity index (χ3v) is 0.319. The Morgan fingerprint density at radius 3 is 2.29 bits per heavy atom. The van der Waals surface area contributed by atoms with Crippen LogP contribution in [0.1, 0.15) is 6.42 Å². The molecular formula is C4H6O2Ti. The van der Waals surface area contributed by atoms with Crippen LogP contribution < -0.4 is 0 Å². The van der Waals surface area contributed by atoms with Crippen molar-refractivity contribution in [3.8, 4) is 0 Å². The Balaban J connectivity index is 0. The maximum absolute atomic E-state index is 9.53. The van der Waals surface area contributed by atoms with Crippen molar-refractivity contribution in [1.82, 2.24) is 0 Å². The summed E-state index contributed by atoms with van der Waals surface area (Å²) < 4.78 is 0. The van der Waals surface area contributed by atoms with Crippen molar-refractivity contribution in [2.45, 2.75) is 6.42 Å². The summed E-state index contributed by atoms with van der Waals surface area (Å²) in [5.41, 5.74) is 0. The molecule has 0 bridgehead atoms. The Hall–Kier alpha value is -0.0757. The molecule has 3 heteroatoms. The van der Waals surface area contributed by atoms with Crippen LogP contribution in [0.15, 0.2) is 12.7 Å². The fourth-order valence-electron chi connectivity index (χ4n) is 0.123. The zero-order chi connectivity index (χ0) is 4.99. The zero-order valence-electron chi connectivity index (χ0n) is 3.85. The van der Waals surface area contributed by atoms with Gasteiger partial charge in [-0.25, -0.2) is 0 Å². The van der Waals surface area contributed by atoms with Crippen LogP contribution in [-0.4, -0.2) is 11.1 Å². The van der Waals surface area contributed by atoms with Gasteiger partial charge in [-0.05, 0) is 0 Å². The van der Waals surface area contributed by atoms with E-state index >= 15 is 0 Å². The molecule has 0 spiro atoms. The Kier molecular flexibility index (Phi) is 8.48. The summed E-state index contributed by atoms with van der Waals surface area (Å²) in [5.74, 6) is -0.829. The van der Waals surface area contributed by atoms with E-state index in [9.17, 15) is 4.79 Å². The van der Waals surface area contributed by atoms with E-state index in [1.807, 2.05) is 0 Å². The molecule has 0 unspecified atom stereocenters. The van der Waals surface area contributed by atoms with Crippen molar-refractivity contribution in [2.24, 2.45) is 0 Å². The maximum Gasteiger partial charge on any atom is 0.307 e. The molecule has 7 heavy (non-hydrogen) atoms. The van der Waals surface area contributed by atoms with Gasteiger partial charge < -0.3 is 5.11 Å². The van der Waals surface area contributed by atoms with Crippen LogP contribution >= 0.6 is 0 Å². The zero-order valence-corrected chi connectivity index (χ0v) is 5.41. The molecule has 0 heterocycles. The number of hydrogen-bond acceptors (Lipinski definition) is 1. The van der Waals surface area contributed by atoms with Gasteiger partial charge in [-0.15, -0.1) is 6.58 Å². The minimum atomic E-state index is -0.829. The molecule has 0 aromatic carbocycles. The first-order valence-corrected chi connectivity index (χ1v) is 1.60. The second-order valence-electron chi connectivity index (χ2n) is 0.887. The van der Waals surface area contributed by atoms with E-state index in [1.165, 1.54) is 6.08 Å². The van der Waals surface area contributed by atoms with Gasteiger partial charge in [-0.3, -0.25) is 4.79 Å². The fourth-order valence-corrected chi connectivity index (χ4v) is 0.123. The van der Waals surface area contributed by atoms with E-state index in [1.54, 1.807) is 0 Å². The molecule has 0 fully saturated rings. The predicted molar refractivity (Wildman–Crippen MR) is 22.4 cm³/mol. The van der Waals surface area contributed by atoms with Crippen molar-refractivity contribution in [1.29, 1.82) is 0 Å². The first-order valence-electron chi connectivity index (χ1n) is 1.60. The standard InChI is InChI=1S/C4H6O2.Ti/c1-2-3-4(5)6;/h2H,1,3H2,(H,5,6);. The van der Waals surface area contributed by atoms with E-state index in [-0.39, 0.29) is 28.1 Å². The summed E-state index contributed by atoms with van der Waals surface area (Å²) in [6.07, 6.45) is 1.41. The molecule has 0 aliphatic rings. The van der Waals surface area contributed by atoms with Gasteiger partial charge in [0.1, 0.15) is 0 Å². The van der Waals surface area contributed by atoms with Gasteiger partial charge in [-0.1, -0.05) is 6.08 Å². The van der Waals surface area contributed by atoms with Crippen LogP contribution in [0.4, 0.5) is 0 Å². The number of carboxylic acids is 1. The average molecular weight is 134 g/mol. The van der Waals surface area contributed by atoms with Crippen molar-refractivity contribution >= 4 is 5.97 Å². The second-order valence-corrected chi connectivity index (χ2v) is 0.887. The quantitative estimate of drug-likeness (QED) is 0.444. The van der Waals surface area contributed by atoms with Crippen molar-refractivity contribution in [3.63, 3.8) is 0 Å². The largest absolute Gasteiger partial charge is 0.481 e. The van der Waals surface area contributed by atoms with Crippen LogP contribution in [0, 0.1) is 0 Å². The number of aliphatic carboxylic acids is 1. The summed E-state index contributed by atoms with van der Waals surface area (Å²) in [6, 6.07) is 0. The number of carboxylic acid groups (broad SMARTS) is 1. The Morgan fingerprint density at radius 1 is 1.86 bits per heavy atom. The molecule has 0 saturated heterocycles. The minimum Gasteiger partial charge on any atom is -0.481 e. The number of rotatable bonds is 2. The summed E-state index contributed by atoms with van der Waals surface area (Å²) in [4.78, 5) is 9.53. The first-order chi connectivity index (χ1) is 2.77. The molecule has 0 amide bonds. The van der Waals surface area contributed by atoms with E-state index in [0.29, 0.717) is 0 Å². The molecule has 0 aromatic heterocycles.